The second-order valence-electron chi connectivity index (χ2n) is 13.0. The number of pyridine rings is 4. The van der Waals surface area contributed by atoms with Gasteiger partial charge in [-0.1, -0.05) is 66.7 Å². The Balaban J connectivity index is 0.946. The van der Waals surface area contributed by atoms with Gasteiger partial charge in [-0.25, -0.2) is 18.3 Å². The van der Waals surface area contributed by atoms with E-state index in [2.05, 4.69) is 107 Å². The number of benzene rings is 3. The molecular weight excluding hydrogens is 646 g/mol. The van der Waals surface area contributed by atoms with Gasteiger partial charge in [-0.2, -0.15) is 0 Å². The molecule has 254 valence electrons. The van der Waals surface area contributed by atoms with Gasteiger partial charge in [-0.05, 0) is 39.2 Å². The summed E-state index contributed by atoms with van der Waals surface area (Å²) in [6.45, 7) is 2.64. The highest BCUT2D eigenvalue weighted by Gasteiger charge is 2.19. The molecule has 0 saturated carbocycles. The van der Waals surface area contributed by atoms with Crippen molar-refractivity contribution in [3.05, 3.63) is 193 Å². The van der Waals surface area contributed by atoms with E-state index in [1.165, 1.54) is 11.1 Å². The SMILES string of the molecule is OB(O)c1ccccc1C[n+]1ccc(-c2cc[n+](Cc3cccc(C[n+]4ccc(-c5cc[n+](Cc6ccccc6B(O)O)cc5)cc4)c3)cc2)cc1. The van der Waals surface area contributed by atoms with Gasteiger partial charge in [0.2, 0.25) is 0 Å². The maximum absolute atomic E-state index is 9.69. The van der Waals surface area contributed by atoms with Crippen LogP contribution in [0.25, 0.3) is 22.3 Å². The Morgan fingerprint density at radius 2 is 0.654 bits per heavy atom. The Morgan fingerprint density at radius 3 is 0.981 bits per heavy atom. The van der Waals surface area contributed by atoms with Crippen LogP contribution in [0.1, 0.15) is 22.3 Å². The van der Waals surface area contributed by atoms with E-state index < -0.39 is 14.2 Å². The number of rotatable bonds is 12. The molecule has 7 aromatic rings. The summed E-state index contributed by atoms with van der Waals surface area (Å²) in [7, 11) is -2.98. The summed E-state index contributed by atoms with van der Waals surface area (Å²) in [4.78, 5) is 0. The van der Waals surface area contributed by atoms with Crippen LogP contribution in [-0.2, 0) is 26.2 Å². The standard InChI is InChI=1S/C42H40B2N4O4/c49-43(50)41-10-3-1-8-39(41)31-47-24-16-37(17-25-47)35-12-20-45(21-13-35)29-33-6-5-7-34(28-33)30-46-22-14-36(15-23-46)38-18-26-48(27-19-38)32-40-9-2-4-11-42(40)44(51)52/h1-28,49-52H,29-32H2/q+4. The van der Waals surface area contributed by atoms with Gasteiger partial charge in [-0.15, -0.1) is 0 Å². The molecule has 0 atom stereocenters. The number of hydrogen-bond donors (Lipinski definition) is 4. The average molecular weight is 686 g/mol. The third-order valence-electron chi connectivity index (χ3n) is 9.33. The monoisotopic (exact) mass is 686 g/mol. The van der Waals surface area contributed by atoms with Gasteiger partial charge < -0.3 is 20.1 Å². The molecule has 3 aromatic carbocycles. The summed E-state index contributed by atoms with van der Waals surface area (Å²) in [5.41, 5.74) is 9.73. The third kappa shape index (κ3) is 8.57. The van der Waals surface area contributed by atoms with E-state index in [0.29, 0.717) is 24.0 Å². The zero-order valence-electron chi connectivity index (χ0n) is 28.7. The lowest BCUT2D eigenvalue weighted by atomic mass is 9.77. The molecule has 8 nitrogen and oxygen atoms in total. The second kappa shape index (κ2) is 16.1. The lowest BCUT2D eigenvalue weighted by Gasteiger charge is -2.06. The van der Waals surface area contributed by atoms with Crippen molar-refractivity contribution in [2.75, 3.05) is 0 Å². The van der Waals surface area contributed by atoms with E-state index in [1.807, 2.05) is 70.3 Å². The molecule has 0 aliphatic heterocycles. The van der Waals surface area contributed by atoms with Crippen molar-refractivity contribution in [3.8, 4) is 22.3 Å². The maximum Gasteiger partial charge on any atom is 0.488 e. The topological polar surface area (TPSA) is 96.4 Å². The summed E-state index contributed by atoms with van der Waals surface area (Å²) in [6.07, 6.45) is 16.5. The molecule has 4 N–H and O–H groups in total. The van der Waals surface area contributed by atoms with Crippen LogP contribution in [-0.4, -0.2) is 34.3 Å². The first kappa shape index (κ1) is 34.7. The minimum absolute atomic E-state index is 0.520. The van der Waals surface area contributed by atoms with Gasteiger partial charge in [0.15, 0.2) is 75.8 Å². The predicted octanol–water partition coefficient (Wildman–Crippen LogP) is 1.72. The molecule has 7 rings (SSSR count). The van der Waals surface area contributed by atoms with Gasteiger partial charge in [0.25, 0.3) is 0 Å². The Hall–Kier alpha value is -5.77. The minimum Gasteiger partial charge on any atom is -0.423 e. The highest BCUT2D eigenvalue weighted by molar-refractivity contribution is 6.59. The fourth-order valence-corrected chi connectivity index (χ4v) is 6.52. The van der Waals surface area contributed by atoms with Crippen molar-refractivity contribution in [3.63, 3.8) is 0 Å². The zero-order valence-corrected chi connectivity index (χ0v) is 28.7. The van der Waals surface area contributed by atoms with Crippen molar-refractivity contribution < 1.29 is 38.4 Å². The maximum atomic E-state index is 9.69. The fourth-order valence-electron chi connectivity index (χ4n) is 6.52. The van der Waals surface area contributed by atoms with Gasteiger partial charge in [0.1, 0.15) is 0 Å². The molecule has 4 aromatic heterocycles. The van der Waals surface area contributed by atoms with Gasteiger partial charge >= 0.3 is 14.2 Å². The normalized spacial score (nSPS) is 11.0. The Kier molecular flexibility index (Phi) is 10.7. The summed E-state index contributed by atoms with van der Waals surface area (Å²) in [6, 6.07) is 40.3. The first-order valence-corrected chi connectivity index (χ1v) is 17.3. The van der Waals surface area contributed by atoms with E-state index in [4.69, 9.17) is 0 Å². The Morgan fingerprint density at radius 1 is 0.346 bits per heavy atom. The Bertz CT molecular complexity index is 2090. The van der Waals surface area contributed by atoms with Gasteiger partial charge in [-0.3, -0.25) is 0 Å². The zero-order chi connectivity index (χ0) is 35.9. The number of nitrogens with zero attached hydrogens (tertiary/aromatic N) is 4. The lowest BCUT2D eigenvalue weighted by molar-refractivity contribution is -0.689. The van der Waals surface area contributed by atoms with Crippen molar-refractivity contribution in [2.24, 2.45) is 0 Å². The molecule has 0 saturated heterocycles. The smallest absolute Gasteiger partial charge is 0.423 e. The summed E-state index contributed by atoms with van der Waals surface area (Å²) in [5.74, 6) is 0. The van der Waals surface area contributed by atoms with E-state index >= 15 is 0 Å². The lowest BCUT2D eigenvalue weighted by Crippen LogP contribution is -2.40. The van der Waals surface area contributed by atoms with Crippen molar-refractivity contribution in [1.29, 1.82) is 0 Å². The molecule has 0 bridgehead atoms. The molecule has 0 fully saturated rings. The summed E-state index contributed by atoms with van der Waals surface area (Å²) in [5, 5.41) is 38.8. The first-order chi connectivity index (χ1) is 25.4. The largest absolute Gasteiger partial charge is 0.488 e. The highest BCUT2D eigenvalue weighted by atomic mass is 16.4. The molecule has 0 spiro atoms. The summed E-state index contributed by atoms with van der Waals surface area (Å²) >= 11 is 0. The van der Waals surface area contributed by atoms with Crippen LogP contribution in [0, 0.1) is 0 Å². The van der Waals surface area contributed by atoms with Crippen LogP contribution < -0.4 is 29.2 Å². The van der Waals surface area contributed by atoms with E-state index in [0.717, 1.165) is 46.5 Å². The minimum atomic E-state index is -1.49. The molecule has 0 amide bonds. The van der Waals surface area contributed by atoms with E-state index in [9.17, 15) is 20.1 Å². The number of hydrogen-bond acceptors (Lipinski definition) is 4. The van der Waals surface area contributed by atoms with Crippen molar-refractivity contribution >= 4 is 25.2 Å². The highest BCUT2D eigenvalue weighted by Crippen LogP contribution is 2.17. The van der Waals surface area contributed by atoms with E-state index in [-0.39, 0.29) is 0 Å². The molecule has 4 heterocycles. The van der Waals surface area contributed by atoms with Gasteiger partial charge in [0, 0.05) is 70.8 Å². The van der Waals surface area contributed by atoms with Crippen LogP contribution in [0.4, 0.5) is 0 Å². The number of aromatic nitrogens is 4. The first-order valence-electron chi connectivity index (χ1n) is 17.3. The Labute approximate surface area is 304 Å². The molecule has 0 aliphatic carbocycles. The third-order valence-corrected chi connectivity index (χ3v) is 9.33. The van der Waals surface area contributed by atoms with Crippen LogP contribution >= 0.6 is 0 Å². The molecule has 52 heavy (non-hydrogen) atoms. The van der Waals surface area contributed by atoms with Crippen LogP contribution in [0.15, 0.2) is 171 Å². The van der Waals surface area contributed by atoms with Crippen LogP contribution in [0.3, 0.4) is 0 Å². The summed E-state index contributed by atoms with van der Waals surface area (Å²) < 4.78 is 8.43. The predicted molar refractivity (Wildman–Crippen MR) is 200 cm³/mol. The van der Waals surface area contributed by atoms with Crippen LogP contribution in [0.2, 0.25) is 0 Å². The van der Waals surface area contributed by atoms with E-state index in [1.54, 1.807) is 12.1 Å². The second-order valence-corrected chi connectivity index (χ2v) is 13.0. The molecule has 10 heteroatoms. The molecule has 0 radical (unpaired) electrons. The van der Waals surface area contributed by atoms with Crippen LogP contribution in [0.5, 0.6) is 0 Å². The van der Waals surface area contributed by atoms with Crippen molar-refractivity contribution in [1.82, 2.24) is 0 Å². The molecular formula is C42H40B2N4O4+4. The van der Waals surface area contributed by atoms with Crippen molar-refractivity contribution in [2.45, 2.75) is 26.2 Å². The fraction of sp³-hybridized carbons (Fsp3) is 0.0952. The van der Waals surface area contributed by atoms with Gasteiger partial charge in [0.05, 0.1) is 0 Å². The quantitative estimate of drug-likeness (QED) is 0.116. The molecule has 0 unspecified atom stereocenters. The average Bonchev–Trinajstić information content (AvgIpc) is 3.17. The molecule has 0 aliphatic rings.